The molecule has 1 aliphatic heterocycles. The number of nitro groups is 2. The molecule has 0 bridgehead atoms. The predicted molar refractivity (Wildman–Crippen MR) is 327 cm³/mol. The van der Waals surface area contributed by atoms with Crippen molar-refractivity contribution < 1.29 is 42.4 Å². The maximum absolute atomic E-state index is 11.3. The number of aromatic nitrogens is 2. The minimum absolute atomic E-state index is 0. The van der Waals surface area contributed by atoms with Gasteiger partial charge in [-0.1, -0.05) is 140 Å². The predicted octanol–water partition coefficient (Wildman–Crippen LogP) is 12.7. The van der Waals surface area contributed by atoms with E-state index >= 15 is 0 Å². The van der Waals surface area contributed by atoms with E-state index in [9.17, 15) is 25.3 Å². The Kier molecular flexibility index (Phi) is 23.2. The summed E-state index contributed by atoms with van der Waals surface area (Å²) >= 11 is 16.9. The summed E-state index contributed by atoms with van der Waals surface area (Å²) in [6.07, 6.45) is -0.904. The maximum atomic E-state index is 11.3. The Hall–Kier alpha value is -5.63. The van der Waals surface area contributed by atoms with Crippen molar-refractivity contribution in [3.63, 3.8) is 0 Å². The second-order valence-corrected chi connectivity index (χ2v) is 34.7. The number of aliphatic hydroxyl groups excluding tert-OH is 1. The van der Waals surface area contributed by atoms with Gasteiger partial charge in [0.2, 0.25) is 0 Å². The summed E-state index contributed by atoms with van der Waals surface area (Å²) < 4.78 is 17.0. The summed E-state index contributed by atoms with van der Waals surface area (Å²) in [6, 6.07) is 58.3. The van der Waals surface area contributed by atoms with Gasteiger partial charge >= 0.3 is 50.5 Å². The van der Waals surface area contributed by atoms with Gasteiger partial charge in [0.05, 0.1) is 33.6 Å². The second kappa shape index (κ2) is 30.1. The van der Waals surface area contributed by atoms with Gasteiger partial charge in [0, 0.05) is 89.6 Å². The fourth-order valence-electron chi connectivity index (χ4n) is 8.62. The van der Waals surface area contributed by atoms with Gasteiger partial charge in [-0.2, -0.15) is 0 Å². The van der Waals surface area contributed by atoms with Crippen molar-refractivity contribution in [1.29, 1.82) is 0 Å². The van der Waals surface area contributed by atoms with E-state index in [2.05, 4.69) is 130 Å². The molecule has 0 saturated carbocycles. The molecule has 1 aliphatic rings. The molecule has 11 rings (SSSR count). The van der Waals surface area contributed by atoms with Crippen molar-refractivity contribution in [2.75, 3.05) is 39.5 Å². The Balaban J connectivity index is 0.000000183. The van der Waals surface area contributed by atoms with Crippen LogP contribution in [0.5, 0.6) is 11.5 Å². The van der Waals surface area contributed by atoms with E-state index < -0.39 is 16.0 Å². The Morgan fingerprint density at radius 1 is 0.654 bits per heavy atom. The van der Waals surface area contributed by atoms with Crippen LogP contribution in [-0.2, 0) is 17.8 Å². The SMILES string of the molecule is C.I[I-]I.O=[N+]([O-])c1cc(C(O)CN(CCOc2ccc3c(c2)[nH]c2ccccc23)Cc2ccccc2)ccc1Cl.O=[N+]([O-])c1cc(C2CO2)ccc1Cl.c1ccc(CNCCOc2ccc3c(c2)[nH]c2ccccc23)cc1. The molecule has 406 valence electrons. The number of H-pyrrole nitrogens is 2. The molecule has 0 radical (unpaired) electrons. The van der Waals surface area contributed by atoms with Gasteiger partial charge in [-0.05, 0) is 70.8 Å². The van der Waals surface area contributed by atoms with Crippen LogP contribution in [0.4, 0.5) is 11.4 Å². The summed E-state index contributed by atoms with van der Waals surface area (Å²) in [5, 5.41) is 41.1. The number of halogens is 5. The number of rotatable bonds is 18. The molecular weight excluding hydrogens is 1370 g/mol. The van der Waals surface area contributed by atoms with E-state index in [1.54, 1.807) is 12.1 Å². The van der Waals surface area contributed by atoms with Crippen molar-refractivity contribution in [3.05, 3.63) is 235 Å². The summed E-state index contributed by atoms with van der Waals surface area (Å²) in [4.78, 5) is 29.7. The molecule has 10 aromatic rings. The molecule has 2 unspecified atom stereocenters. The number of hydrogen-bond donors (Lipinski definition) is 4. The number of nitro benzene ring substituents is 2. The number of fused-ring (bicyclic) bond motifs is 6. The number of epoxide rings is 1. The van der Waals surface area contributed by atoms with E-state index in [-0.39, 0.29) is 41.5 Å². The first-order valence-corrected chi connectivity index (χ1v) is 37.6. The summed E-state index contributed by atoms with van der Waals surface area (Å²) in [5.41, 5.74) is 7.74. The monoisotopic (exact) mass is 1430 g/mol. The van der Waals surface area contributed by atoms with Crippen LogP contribution in [0.15, 0.2) is 182 Å². The van der Waals surface area contributed by atoms with Crippen LogP contribution >= 0.6 is 60.4 Å². The molecule has 4 N–H and O–H groups in total. The molecule has 8 aromatic carbocycles. The van der Waals surface area contributed by atoms with E-state index in [1.807, 2.05) is 72.8 Å². The van der Waals surface area contributed by atoms with E-state index in [0.717, 1.165) is 63.2 Å². The first kappa shape index (κ1) is 60.0. The van der Waals surface area contributed by atoms with Crippen LogP contribution in [0.25, 0.3) is 43.6 Å². The molecule has 1 fully saturated rings. The molecule has 2 aromatic heterocycles. The van der Waals surface area contributed by atoms with Gasteiger partial charge in [-0.3, -0.25) is 25.1 Å². The van der Waals surface area contributed by atoms with Gasteiger partial charge < -0.3 is 34.6 Å². The third kappa shape index (κ3) is 16.9. The van der Waals surface area contributed by atoms with E-state index in [4.69, 9.17) is 37.4 Å². The smallest absolute Gasteiger partial charge is 0.288 e. The summed E-state index contributed by atoms with van der Waals surface area (Å²) in [6.45, 7) is 4.80. The van der Waals surface area contributed by atoms with Gasteiger partial charge in [-0.25, -0.2) is 0 Å². The number of aliphatic hydroxyl groups is 1. The fraction of sp³-hybridized carbons (Fsp3) is 0.186. The van der Waals surface area contributed by atoms with Gasteiger partial charge in [0.25, 0.3) is 11.4 Å². The largest absolute Gasteiger partial charge is 0.492 e. The Morgan fingerprint density at radius 3 is 1.69 bits per heavy atom. The Bertz CT molecular complexity index is 3550. The third-order valence-electron chi connectivity index (χ3n) is 12.5. The molecule has 0 spiro atoms. The molecule has 0 amide bonds. The molecule has 3 heterocycles. The van der Waals surface area contributed by atoms with Crippen LogP contribution in [0.2, 0.25) is 10.0 Å². The third-order valence-corrected chi connectivity index (χ3v) is 13.1. The van der Waals surface area contributed by atoms with Crippen LogP contribution in [0.3, 0.4) is 0 Å². The summed E-state index contributed by atoms with van der Waals surface area (Å²) in [7, 11) is 0. The molecule has 14 nitrogen and oxygen atoms in total. The molecule has 19 heteroatoms. The quantitative estimate of drug-likeness (QED) is 0.0212. The van der Waals surface area contributed by atoms with Crippen molar-refractivity contribution >= 4 is 115 Å². The average molecular weight is 1430 g/mol. The van der Waals surface area contributed by atoms with Crippen LogP contribution in [0.1, 0.15) is 41.9 Å². The molecule has 2 atom stereocenters. The normalized spacial score (nSPS) is 12.9. The van der Waals surface area contributed by atoms with Crippen molar-refractivity contribution in [2.24, 2.45) is 0 Å². The van der Waals surface area contributed by atoms with Crippen molar-refractivity contribution in [3.8, 4) is 11.5 Å². The van der Waals surface area contributed by atoms with Crippen molar-refractivity contribution in [1.82, 2.24) is 20.2 Å². The number of aromatic amines is 2. The zero-order valence-electron chi connectivity index (χ0n) is 41.2. The fourth-order valence-corrected chi connectivity index (χ4v) is 9.00. The topological polar surface area (TPSA) is 184 Å². The first-order valence-electron chi connectivity index (χ1n) is 24.3. The number of hydrogen-bond acceptors (Lipinski definition) is 10. The number of benzene rings is 8. The van der Waals surface area contributed by atoms with E-state index in [1.165, 1.54) is 46.0 Å². The van der Waals surface area contributed by atoms with Crippen LogP contribution in [-0.4, -0.2) is 69.3 Å². The average Bonchev–Trinajstić information content (AvgIpc) is 4.13. The number of nitrogens with zero attached hydrogens (tertiary/aromatic N) is 3. The van der Waals surface area contributed by atoms with Gasteiger partial charge in [0.15, 0.2) is 0 Å². The molecule has 1 saturated heterocycles. The van der Waals surface area contributed by atoms with E-state index in [0.29, 0.717) is 51.7 Å². The molecular formula is C59H56Cl2I3N6O8-. The Labute approximate surface area is 491 Å². The number of ether oxygens (including phenoxy) is 3. The standard InChI is InChI=1S/C29H26ClN3O4.C21H20N2O.C8H6ClNO3.CH4.I3/c30-25-13-10-21(16-28(25)33(35)36)29(34)19-32(18-20-6-2-1-3-7-20)14-15-37-22-11-12-24-23-8-4-5-9-26(23)31-27(24)17-22;1-2-6-16(7-3-1)15-22-12-13-24-17-10-11-19-18-8-4-5-9-20(18)23-21(19)14-17;9-6-2-1-5(8-4-13-8)3-7(6)10(11)12;;1-3-2/h1-13,16-17,29,31,34H,14-15,18-19H2;1-11,14,22-23H,12-13,15H2;1-3,8H,4H2;1H4;/q;;;;-1. The van der Waals surface area contributed by atoms with Gasteiger partial charge in [0.1, 0.15) is 40.9 Å². The number of nitrogens with one attached hydrogen (secondary N) is 3. The molecule has 0 aliphatic carbocycles. The Morgan fingerprint density at radius 2 is 1.14 bits per heavy atom. The van der Waals surface area contributed by atoms with Crippen molar-refractivity contribution in [2.45, 2.75) is 32.7 Å². The summed E-state index contributed by atoms with van der Waals surface area (Å²) in [5.74, 6) is 1.66. The van der Waals surface area contributed by atoms with Crippen LogP contribution in [0, 0.1) is 20.2 Å². The maximum Gasteiger partial charge on any atom is 0.288 e. The zero-order chi connectivity index (χ0) is 54.1. The second-order valence-electron chi connectivity index (χ2n) is 17.7. The molecule has 78 heavy (non-hydrogen) atoms. The zero-order valence-corrected chi connectivity index (χ0v) is 49.2. The van der Waals surface area contributed by atoms with Crippen LogP contribution < -0.4 is 28.0 Å². The minimum atomic E-state index is -0.928. The first-order chi connectivity index (χ1) is 37.5. The van der Waals surface area contributed by atoms with Gasteiger partial charge in [-0.15, -0.1) is 0 Å². The minimum Gasteiger partial charge on any atom is -0.492 e. The number of para-hydroxylation sites is 2.